The van der Waals surface area contributed by atoms with Crippen LogP contribution in [0.15, 0.2) is 279 Å². The molecule has 0 N–H and O–H groups in total. The summed E-state index contributed by atoms with van der Waals surface area (Å²) in [5.41, 5.74) is 19.6. The molecule has 0 bridgehead atoms. The molecule has 0 saturated heterocycles. The average molecular weight is 1160 g/mol. The number of hydrogen-bond donors (Lipinski definition) is 0. The van der Waals surface area contributed by atoms with E-state index in [1.807, 2.05) is 60.7 Å². The molecule has 0 aliphatic heterocycles. The highest BCUT2D eigenvalue weighted by atomic mass is 35.5. The van der Waals surface area contributed by atoms with Crippen LogP contribution in [0, 0.1) is 0 Å². The predicted octanol–water partition coefficient (Wildman–Crippen LogP) is 20.9. The normalized spacial score (nSPS) is 12.5. The Morgan fingerprint density at radius 1 is 0.292 bits per heavy atom. The smallest absolute Gasteiger partial charge is 0.238 e. The van der Waals surface area contributed by atoms with E-state index in [-0.39, 0.29) is 10.7 Å². The second-order valence-corrected chi connectivity index (χ2v) is 23.9. The summed E-state index contributed by atoms with van der Waals surface area (Å²) in [7, 11) is 0. The van der Waals surface area contributed by atoms with Crippen molar-refractivity contribution in [3.8, 4) is 107 Å². The number of nitrogens with zero attached hydrogens (tertiary/aromatic N) is 7. The van der Waals surface area contributed by atoms with Crippen LogP contribution < -0.4 is 0 Å². The minimum Gasteiger partial charge on any atom is -0.277 e. The Kier molecular flexibility index (Phi) is 12.1. The lowest BCUT2D eigenvalue weighted by molar-refractivity contribution is 0.661. The Labute approximate surface area is 519 Å². The van der Waals surface area contributed by atoms with Gasteiger partial charge in [0.25, 0.3) is 0 Å². The third kappa shape index (κ3) is 8.72. The van der Waals surface area contributed by atoms with Gasteiger partial charge in [-0.2, -0.15) is 19.9 Å². The van der Waals surface area contributed by atoms with E-state index in [4.69, 9.17) is 31.5 Å². The summed E-state index contributed by atoms with van der Waals surface area (Å²) in [5.74, 6) is 2.80. The molecule has 16 aromatic rings. The maximum Gasteiger partial charge on any atom is 0.238 e. The molecule has 0 unspecified atom stereocenters. The summed E-state index contributed by atoms with van der Waals surface area (Å²) >= 11 is 6.37. The van der Waals surface area contributed by atoms with Gasteiger partial charge in [0, 0.05) is 49.4 Å². The molecule has 1 aliphatic carbocycles. The lowest BCUT2D eigenvalue weighted by atomic mass is 9.81. The van der Waals surface area contributed by atoms with E-state index in [9.17, 15) is 0 Å². The molecule has 0 amide bonds. The number of hydrogen-bond acceptors (Lipinski definition) is 6. The molecule has 7 nitrogen and oxygen atoms in total. The van der Waals surface area contributed by atoms with Crippen LogP contribution in [0.3, 0.4) is 0 Å². The lowest BCUT2D eigenvalue weighted by Crippen LogP contribution is -2.15. The summed E-state index contributed by atoms with van der Waals surface area (Å²) in [5, 5.41) is 9.69. The van der Waals surface area contributed by atoms with E-state index in [2.05, 4.69) is 247 Å². The van der Waals surface area contributed by atoms with Crippen LogP contribution in [0.4, 0.5) is 0 Å². The Balaban J connectivity index is 0.739. The fraction of sp³-hybridized carbons (Fsp3) is 0.0370. The fourth-order valence-corrected chi connectivity index (χ4v) is 13.8. The number of halogens is 1. The van der Waals surface area contributed by atoms with Crippen molar-refractivity contribution in [2.75, 3.05) is 0 Å². The van der Waals surface area contributed by atoms with E-state index in [1.54, 1.807) is 0 Å². The Morgan fingerprint density at radius 2 is 0.708 bits per heavy atom. The quantitative estimate of drug-likeness (QED) is 0.134. The van der Waals surface area contributed by atoms with E-state index < -0.39 is 0 Å². The minimum absolute atomic E-state index is 0.161. The molecule has 0 fully saturated rings. The van der Waals surface area contributed by atoms with Crippen LogP contribution in [0.25, 0.3) is 161 Å². The van der Waals surface area contributed by atoms with E-state index in [0.717, 1.165) is 94.0 Å². The molecule has 8 heteroatoms. The van der Waals surface area contributed by atoms with Gasteiger partial charge < -0.3 is 0 Å². The van der Waals surface area contributed by atoms with Crippen LogP contribution in [-0.2, 0) is 5.41 Å². The zero-order valence-electron chi connectivity index (χ0n) is 48.6. The highest BCUT2D eigenvalue weighted by Gasteiger charge is 2.37. The Bertz CT molecular complexity index is 5490. The van der Waals surface area contributed by atoms with Gasteiger partial charge in [-0.3, -0.25) is 4.57 Å². The van der Waals surface area contributed by atoms with Crippen molar-refractivity contribution in [2.24, 2.45) is 0 Å². The van der Waals surface area contributed by atoms with Crippen molar-refractivity contribution >= 4 is 65.7 Å². The van der Waals surface area contributed by atoms with E-state index in [0.29, 0.717) is 29.2 Å². The molecule has 0 saturated carbocycles. The molecule has 3 aromatic heterocycles. The molecule has 418 valence electrons. The van der Waals surface area contributed by atoms with Gasteiger partial charge >= 0.3 is 0 Å². The molecular weight excluding hydrogens is 1110 g/mol. The standard InChI is InChI=1S/C81H52ClN7/c1-81(2)69-47-45-55-16-9-10-21-61(55)71(69)67-46-44-60(48-70(67)81)62-26-15-27-68-72-65-24-13-11-22-63(65)64-23-12-14-25-66(64)74(72)89(73(62)68)80-87-77(57-19-7-4-8-20-57)84-78(88-80)59-42-38-54(39-43-59)52-34-30-50(31-35-52)49-28-32-51(33-29-49)53-36-40-58(41-37-53)76-83-75(85-79(82)86-76)56-17-5-3-6-18-56/h3-48H,1-2H3. The number of benzene rings is 13. The molecule has 1 aliphatic rings. The number of aromatic nitrogens is 7. The third-order valence-corrected chi connectivity index (χ3v) is 18.3. The Morgan fingerprint density at radius 3 is 1.25 bits per heavy atom. The van der Waals surface area contributed by atoms with Crippen LogP contribution in [-0.4, -0.2) is 34.5 Å². The number of fused-ring (bicyclic) bond motifs is 13. The molecule has 0 atom stereocenters. The van der Waals surface area contributed by atoms with E-state index >= 15 is 0 Å². The Hall–Kier alpha value is -11.3. The molecular formula is C81H52ClN7. The van der Waals surface area contributed by atoms with Crippen molar-refractivity contribution in [1.82, 2.24) is 34.5 Å². The van der Waals surface area contributed by atoms with Gasteiger partial charge in [0.1, 0.15) is 0 Å². The van der Waals surface area contributed by atoms with Crippen molar-refractivity contribution in [2.45, 2.75) is 19.3 Å². The van der Waals surface area contributed by atoms with Crippen LogP contribution in [0.2, 0.25) is 5.28 Å². The topological polar surface area (TPSA) is 82.3 Å². The maximum absolute atomic E-state index is 6.37. The first-order valence-corrected chi connectivity index (χ1v) is 30.4. The SMILES string of the molecule is CC1(C)c2cc(-c3cccc4c5c6ccccc6c6ccccc6c5n(-c5nc(-c6ccccc6)nc(-c6ccc(-c7ccc(-c8ccc(-c9ccc(-c%10nc(Cl)nc(-c%11ccccc%11)n%10)cc9)cc8)cc7)cc6)n5)c34)ccc2-c2c1ccc1ccccc21. The first kappa shape index (κ1) is 52.1. The maximum atomic E-state index is 6.37. The molecule has 3 heterocycles. The molecule has 0 radical (unpaired) electrons. The highest BCUT2D eigenvalue weighted by molar-refractivity contribution is 6.33. The van der Waals surface area contributed by atoms with Crippen LogP contribution in [0.1, 0.15) is 25.0 Å². The van der Waals surface area contributed by atoms with Gasteiger partial charge in [-0.05, 0) is 106 Å². The predicted molar refractivity (Wildman–Crippen MR) is 366 cm³/mol. The summed E-state index contributed by atoms with van der Waals surface area (Å²) < 4.78 is 2.34. The minimum atomic E-state index is -0.223. The monoisotopic (exact) mass is 1160 g/mol. The van der Waals surface area contributed by atoms with Gasteiger partial charge in [0.05, 0.1) is 11.0 Å². The van der Waals surface area contributed by atoms with Crippen LogP contribution in [0.5, 0.6) is 0 Å². The van der Waals surface area contributed by atoms with Crippen molar-refractivity contribution < 1.29 is 0 Å². The van der Waals surface area contributed by atoms with Gasteiger partial charge in [0.2, 0.25) is 11.2 Å². The highest BCUT2D eigenvalue weighted by Crippen LogP contribution is 2.53. The zero-order chi connectivity index (χ0) is 59.3. The second-order valence-electron chi connectivity index (χ2n) is 23.5. The molecule has 0 spiro atoms. The average Bonchev–Trinajstić information content (AvgIpc) is 1.57. The van der Waals surface area contributed by atoms with Crippen molar-refractivity contribution in [3.05, 3.63) is 295 Å². The van der Waals surface area contributed by atoms with Gasteiger partial charge in [-0.1, -0.05) is 287 Å². The largest absolute Gasteiger partial charge is 0.277 e. The molecule has 89 heavy (non-hydrogen) atoms. The third-order valence-electron chi connectivity index (χ3n) is 18.1. The van der Waals surface area contributed by atoms with Crippen molar-refractivity contribution in [1.29, 1.82) is 0 Å². The zero-order valence-corrected chi connectivity index (χ0v) is 49.3. The summed E-state index contributed by atoms with van der Waals surface area (Å²) in [6.45, 7) is 4.74. The van der Waals surface area contributed by atoms with Gasteiger partial charge in [-0.25, -0.2) is 9.97 Å². The summed E-state index contributed by atoms with van der Waals surface area (Å²) in [4.78, 5) is 29.9. The first-order chi connectivity index (χ1) is 43.8. The molecule has 13 aromatic carbocycles. The fourth-order valence-electron chi connectivity index (χ4n) is 13.7. The van der Waals surface area contributed by atoms with Crippen molar-refractivity contribution in [3.63, 3.8) is 0 Å². The van der Waals surface area contributed by atoms with E-state index in [1.165, 1.54) is 49.2 Å². The van der Waals surface area contributed by atoms with Gasteiger partial charge in [-0.15, -0.1) is 0 Å². The van der Waals surface area contributed by atoms with Gasteiger partial charge in [0.15, 0.2) is 23.3 Å². The number of para-hydroxylation sites is 1. The lowest BCUT2D eigenvalue weighted by Gasteiger charge is -2.22. The first-order valence-electron chi connectivity index (χ1n) is 30.0. The molecule has 17 rings (SSSR count). The summed E-state index contributed by atoms with van der Waals surface area (Å²) in [6, 6.07) is 99.2. The van der Waals surface area contributed by atoms with Crippen LogP contribution >= 0.6 is 11.6 Å². The second kappa shape index (κ2) is 20.7. The number of rotatable bonds is 9. The summed E-state index contributed by atoms with van der Waals surface area (Å²) in [6.07, 6.45) is 0.